The molecule has 3 aromatic carbocycles. The summed E-state index contributed by atoms with van der Waals surface area (Å²) in [6, 6.07) is 19.1. The Morgan fingerprint density at radius 2 is 1.77 bits per heavy atom. The van der Waals surface area contributed by atoms with E-state index in [1.165, 1.54) is 18.2 Å². The van der Waals surface area contributed by atoms with Crippen LogP contribution in [0.15, 0.2) is 66.7 Å². The normalized spacial score (nSPS) is 16.0. The second kappa shape index (κ2) is 8.32. The largest absolute Gasteiger partial charge is 0.322 e. The quantitative estimate of drug-likeness (QED) is 0.609. The Bertz CT molecular complexity index is 1110. The first kappa shape index (κ1) is 20.2. The summed E-state index contributed by atoms with van der Waals surface area (Å²) in [6.07, 6.45) is 0. The maximum Gasteiger partial charge on any atom is 0.255 e. The average Bonchev–Trinajstić information content (AvgIpc) is 3.09. The maximum atomic E-state index is 13.4. The Morgan fingerprint density at radius 3 is 2.50 bits per heavy atom. The highest BCUT2D eigenvalue weighted by molar-refractivity contribution is 8.00. The van der Waals surface area contributed by atoms with Gasteiger partial charge in [-0.1, -0.05) is 24.3 Å². The van der Waals surface area contributed by atoms with Crippen molar-refractivity contribution in [3.63, 3.8) is 0 Å². The zero-order valence-electron chi connectivity index (χ0n) is 16.7. The third-order valence-corrected chi connectivity index (χ3v) is 6.08. The fourth-order valence-corrected chi connectivity index (χ4v) is 4.81. The van der Waals surface area contributed by atoms with Crippen LogP contribution < -0.4 is 10.2 Å². The van der Waals surface area contributed by atoms with Crippen molar-refractivity contribution in [1.29, 1.82) is 0 Å². The monoisotopic (exact) mass is 420 g/mol. The molecule has 0 radical (unpaired) electrons. The van der Waals surface area contributed by atoms with Crippen LogP contribution in [0.2, 0.25) is 0 Å². The summed E-state index contributed by atoms with van der Waals surface area (Å²) in [5, 5.41) is 2.64. The van der Waals surface area contributed by atoms with Gasteiger partial charge in [0.05, 0.1) is 5.75 Å². The van der Waals surface area contributed by atoms with Gasteiger partial charge in [-0.05, 0) is 73.0 Å². The first-order chi connectivity index (χ1) is 14.4. The van der Waals surface area contributed by atoms with Crippen molar-refractivity contribution in [2.24, 2.45) is 0 Å². The molecule has 1 aliphatic rings. The Hall–Kier alpha value is -3.12. The standard InChI is InChI=1S/C24H21FN2O2S/c1-15-9-16(2)11-21(10-15)27-22(28)14-30-24(27)18-6-4-8-20(13-18)26-23(29)17-5-3-7-19(25)12-17/h3-13,24H,14H2,1-2H3,(H,26,29)/t24-/m0/s1. The van der Waals surface area contributed by atoms with Gasteiger partial charge < -0.3 is 5.32 Å². The fraction of sp³-hybridized carbons (Fsp3) is 0.167. The molecule has 0 aliphatic carbocycles. The number of hydrogen-bond acceptors (Lipinski definition) is 3. The Morgan fingerprint density at radius 1 is 1.03 bits per heavy atom. The third-order valence-electron chi connectivity index (χ3n) is 4.87. The smallest absolute Gasteiger partial charge is 0.255 e. The Balaban J connectivity index is 1.61. The van der Waals surface area contributed by atoms with E-state index < -0.39 is 5.82 Å². The van der Waals surface area contributed by atoms with E-state index in [4.69, 9.17) is 0 Å². The number of carbonyl (C=O) groups excluding carboxylic acids is 2. The number of amides is 2. The van der Waals surface area contributed by atoms with Crippen LogP contribution in [0.1, 0.15) is 32.4 Å². The van der Waals surface area contributed by atoms with E-state index in [0.717, 1.165) is 22.4 Å². The van der Waals surface area contributed by atoms with Crippen molar-refractivity contribution in [3.05, 3.63) is 94.8 Å². The molecule has 6 heteroatoms. The number of aryl methyl sites for hydroxylation is 2. The lowest BCUT2D eigenvalue weighted by Crippen LogP contribution is -2.28. The SMILES string of the molecule is Cc1cc(C)cc(N2C(=O)CS[C@H]2c2cccc(NC(=O)c3cccc(F)c3)c2)c1. The van der Waals surface area contributed by atoms with Gasteiger partial charge in [0.25, 0.3) is 5.91 Å². The van der Waals surface area contributed by atoms with Crippen molar-refractivity contribution in [2.75, 3.05) is 16.0 Å². The first-order valence-corrected chi connectivity index (χ1v) is 10.6. The highest BCUT2D eigenvalue weighted by Gasteiger charge is 2.34. The number of thioether (sulfide) groups is 1. The number of nitrogens with zero attached hydrogens (tertiary/aromatic N) is 1. The van der Waals surface area contributed by atoms with Crippen molar-refractivity contribution in [1.82, 2.24) is 0 Å². The molecule has 0 spiro atoms. The molecule has 1 saturated heterocycles. The third kappa shape index (κ3) is 4.24. The number of carbonyl (C=O) groups is 2. The summed E-state index contributed by atoms with van der Waals surface area (Å²) in [5.74, 6) is -0.379. The van der Waals surface area contributed by atoms with Gasteiger partial charge in [0, 0.05) is 16.9 Å². The molecule has 1 fully saturated rings. The first-order valence-electron chi connectivity index (χ1n) is 9.59. The van der Waals surface area contributed by atoms with Crippen LogP contribution in [0, 0.1) is 19.7 Å². The molecule has 0 bridgehead atoms. The lowest BCUT2D eigenvalue weighted by Gasteiger charge is -2.25. The number of anilines is 2. The zero-order chi connectivity index (χ0) is 21.3. The summed E-state index contributed by atoms with van der Waals surface area (Å²) in [7, 11) is 0. The van der Waals surface area contributed by atoms with Crippen LogP contribution in [0.25, 0.3) is 0 Å². The number of halogens is 1. The van der Waals surface area contributed by atoms with Crippen molar-refractivity contribution < 1.29 is 14.0 Å². The maximum absolute atomic E-state index is 13.4. The minimum atomic E-state index is -0.457. The summed E-state index contributed by atoms with van der Waals surface area (Å²) in [5.41, 5.74) is 4.85. The Labute approximate surface area is 179 Å². The van der Waals surface area contributed by atoms with Gasteiger partial charge in [0.2, 0.25) is 5.91 Å². The molecular formula is C24H21FN2O2S. The van der Waals surface area contributed by atoms with E-state index >= 15 is 0 Å². The molecule has 0 saturated carbocycles. The lowest BCUT2D eigenvalue weighted by molar-refractivity contribution is -0.115. The van der Waals surface area contributed by atoms with Crippen LogP contribution >= 0.6 is 11.8 Å². The van der Waals surface area contributed by atoms with E-state index in [2.05, 4.69) is 11.4 Å². The fourth-order valence-electron chi connectivity index (χ4n) is 3.64. The highest BCUT2D eigenvalue weighted by Crippen LogP contribution is 2.42. The number of benzene rings is 3. The van der Waals surface area contributed by atoms with E-state index in [-0.39, 0.29) is 22.8 Å². The van der Waals surface area contributed by atoms with Gasteiger partial charge in [-0.15, -0.1) is 11.8 Å². The van der Waals surface area contributed by atoms with Gasteiger partial charge in [-0.25, -0.2) is 4.39 Å². The van der Waals surface area contributed by atoms with Crippen LogP contribution in [-0.2, 0) is 4.79 Å². The summed E-state index contributed by atoms with van der Waals surface area (Å²) >= 11 is 1.56. The lowest BCUT2D eigenvalue weighted by atomic mass is 10.1. The van der Waals surface area contributed by atoms with E-state index in [0.29, 0.717) is 11.4 Å². The topological polar surface area (TPSA) is 49.4 Å². The second-order valence-electron chi connectivity index (χ2n) is 7.36. The van der Waals surface area contributed by atoms with Gasteiger partial charge in [-0.3, -0.25) is 14.5 Å². The van der Waals surface area contributed by atoms with Gasteiger partial charge in [0.1, 0.15) is 11.2 Å². The molecule has 0 aromatic heterocycles. The molecule has 4 nitrogen and oxygen atoms in total. The summed E-state index contributed by atoms with van der Waals surface area (Å²) in [4.78, 5) is 26.9. The van der Waals surface area contributed by atoms with Crippen molar-refractivity contribution in [3.8, 4) is 0 Å². The number of nitrogens with one attached hydrogen (secondary N) is 1. The Kier molecular flexibility index (Phi) is 5.59. The molecule has 1 heterocycles. The van der Waals surface area contributed by atoms with Crippen molar-refractivity contribution in [2.45, 2.75) is 19.2 Å². The second-order valence-corrected chi connectivity index (χ2v) is 8.43. The molecule has 1 N–H and O–H groups in total. The predicted molar refractivity (Wildman–Crippen MR) is 119 cm³/mol. The molecule has 30 heavy (non-hydrogen) atoms. The summed E-state index contributed by atoms with van der Waals surface area (Å²) < 4.78 is 13.4. The van der Waals surface area contributed by atoms with Gasteiger partial charge in [-0.2, -0.15) is 0 Å². The van der Waals surface area contributed by atoms with E-state index in [9.17, 15) is 14.0 Å². The number of hydrogen-bond donors (Lipinski definition) is 1. The highest BCUT2D eigenvalue weighted by atomic mass is 32.2. The van der Waals surface area contributed by atoms with Gasteiger partial charge >= 0.3 is 0 Å². The molecule has 1 aliphatic heterocycles. The molecule has 3 aromatic rings. The van der Waals surface area contributed by atoms with Gasteiger partial charge in [0.15, 0.2) is 0 Å². The van der Waals surface area contributed by atoms with Crippen LogP contribution in [0.3, 0.4) is 0 Å². The van der Waals surface area contributed by atoms with Crippen LogP contribution in [0.4, 0.5) is 15.8 Å². The van der Waals surface area contributed by atoms with Crippen LogP contribution in [0.5, 0.6) is 0 Å². The van der Waals surface area contributed by atoms with Crippen molar-refractivity contribution >= 4 is 35.0 Å². The number of rotatable bonds is 4. The van der Waals surface area contributed by atoms with E-state index in [1.54, 1.807) is 23.9 Å². The van der Waals surface area contributed by atoms with E-state index in [1.807, 2.05) is 49.1 Å². The molecule has 2 amide bonds. The summed E-state index contributed by atoms with van der Waals surface area (Å²) in [6.45, 7) is 4.03. The minimum absolute atomic E-state index is 0.0594. The predicted octanol–water partition coefficient (Wildman–Crippen LogP) is 5.47. The van der Waals surface area contributed by atoms with Crippen LogP contribution in [-0.4, -0.2) is 17.6 Å². The molecule has 152 valence electrons. The zero-order valence-corrected chi connectivity index (χ0v) is 17.5. The molecule has 1 atom stereocenters. The average molecular weight is 421 g/mol. The minimum Gasteiger partial charge on any atom is -0.322 e. The molecule has 4 rings (SSSR count). The molecule has 0 unspecified atom stereocenters. The molecular weight excluding hydrogens is 399 g/mol.